The van der Waals surface area contributed by atoms with Crippen molar-refractivity contribution in [1.29, 1.82) is 0 Å². The molecule has 0 atom stereocenters. The van der Waals surface area contributed by atoms with Crippen LogP contribution in [0.2, 0.25) is 0 Å². The lowest BCUT2D eigenvalue weighted by atomic mass is 10.1. The van der Waals surface area contributed by atoms with E-state index in [1.165, 1.54) is 12.3 Å². The fourth-order valence-electron chi connectivity index (χ4n) is 2.30. The Balaban J connectivity index is 1.59. The van der Waals surface area contributed by atoms with Crippen molar-refractivity contribution in [3.63, 3.8) is 0 Å². The van der Waals surface area contributed by atoms with Gasteiger partial charge in [0.05, 0.1) is 6.21 Å². The van der Waals surface area contributed by atoms with Gasteiger partial charge in [0, 0.05) is 22.4 Å². The quantitative estimate of drug-likeness (QED) is 0.535. The fourth-order valence-corrected chi connectivity index (χ4v) is 2.30. The Morgan fingerprint density at radius 2 is 1.41 bits per heavy atom. The van der Waals surface area contributed by atoms with Crippen molar-refractivity contribution in [2.75, 3.05) is 5.32 Å². The van der Waals surface area contributed by atoms with E-state index in [4.69, 9.17) is 0 Å². The van der Waals surface area contributed by atoms with E-state index >= 15 is 0 Å². The molecule has 0 aromatic heterocycles. The third-order valence-electron chi connectivity index (χ3n) is 3.72. The molecule has 5 nitrogen and oxygen atoms in total. The largest absolute Gasteiger partial charge is 0.322 e. The zero-order valence-corrected chi connectivity index (χ0v) is 14.2. The number of carbonyl (C=O) groups excluding carboxylic acids is 2. The summed E-state index contributed by atoms with van der Waals surface area (Å²) in [5.41, 5.74) is 4.08. The summed E-state index contributed by atoms with van der Waals surface area (Å²) in [4.78, 5) is 24.2. The third-order valence-corrected chi connectivity index (χ3v) is 3.72. The Hall–Kier alpha value is -3.80. The monoisotopic (exact) mass is 361 g/mol. The maximum atomic E-state index is 13.5. The number of amides is 2. The molecule has 0 fully saturated rings. The minimum Gasteiger partial charge on any atom is -0.322 e. The minimum atomic E-state index is -0.441. The van der Waals surface area contributed by atoms with Gasteiger partial charge >= 0.3 is 0 Å². The fraction of sp³-hybridized carbons (Fsp3) is 0. The first-order valence-electron chi connectivity index (χ1n) is 8.18. The lowest BCUT2D eigenvalue weighted by Gasteiger charge is -2.06. The molecule has 0 aliphatic heterocycles. The van der Waals surface area contributed by atoms with Crippen LogP contribution in [-0.4, -0.2) is 18.0 Å². The van der Waals surface area contributed by atoms with E-state index in [1.54, 1.807) is 66.7 Å². The standard InChI is InChI=1S/C21H16FN3O2/c22-19-9-5-4-8-17(19)14-23-25-21(27)16-10-12-18(13-11-16)24-20(26)15-6-2-1-3-7-15/h1-14H,(H,24,26)(H,25,27)/b23-14+. The number of halogens is 1. The zero-order chi connectivity index (χ0) is 19.1. The predicted molar refractivity (Wildman–Crippen MR) is 102 cm³/mol. The van der Waals surface area contributed by atoms with E-state index in [0.29, 0.717) is 16.8 Å². The summed E-state index contributed by atoms with van der Waals surface area (Å²) in [6, 6.07) is 21.3. The van der Waals surface area contributed by atoms with Crippen LogP contribution in [0.4, 0.5) is 10.1 Å². The molecule has 27 heavy (non-hydrogen) atoms. The maximum absolute atomic E-state index is 13.5. The van der Waals surface area contributed by atoms with Crippen molar-refractivity contribution in [3.05, 3.63) is 101 Å². The van der Waals surface area contributed by atoms with Crippen LogP contribution in [0, 0.1) is 5.82 Å². The van der Waals surface area contributed by atoms with Crippen LogP contribution >= 0.6 is 0 Å². The summed E-state index contributed by atoms with van der Waals surface area (Å²) in [5, 5.41) is 6.51. The van der Waals surface area contributed by atoms with Crippen LogP contribution in [0.5, 0.6) is 0 Å². The van der Waals surface area contributed by atoms with Gasteiger partial charge in [-0.1, -0.05) is 36.4 Å². The SMILES string of the molecule is O=C(N/N=C/c1ccccc1F)c1ccc(NC(=O)c2ccccc2)cc1. The highest BCUT2D eigenvalue weighted by atomic mass is 19.1. The van der Waals surface area contributed by atoms with Crippen molar-refractivity contribution in [2.45, 2.75) is 0 Å². The number of benzene rings is 3. The van der Waals surface area contributed by atoms with E-state index in [1.807, 2.05) is 6.07 Å². The maximum Gasteiger partial charge on any atom is 0.271 e. The first-order valence-corrected chi connectivity index (χ1v) is 8.18. The highest BCUT2D eigenvalue weighted by Gasteiger charge is 2.07. The zero-order valence-electron chi connectivity index (χ0n) is 14.2. The molecule has 3 aromatic rings. The number of hydrazone groups is 1. The van der Waals surface area contributed by atoms with Crippen molar-refractivity contribution in [2.24, 2.45) is 5.10 Å². The van der Waals surface area contributed by atoms with E-state index in [2.05, 4.69) is 15.8 Å². The van der Waals surface area contributed by atoms with Gasteiger partial charge < -0.3 is 5.32 Å². The molecule has 0 saturated heterocycles. The average molecular weight is 361 g/mol. The van der Waals surface area contributed by atoms with E-state index in [0.717, 1.165) is 0 Å². The van der Waals surface area contributed by atoms with Crippen LogP contribution in [0.15, 0.2) is 84.0 Å². The van der Waals surface area contributed by atoms with Gasteiger partial charge in [-0.05, 0) is 42.5 Å². The molecule has 0 spiro atoms. The topological polar surface area (TPSA) is 70.6 Å². The summed E-state index contributed by atoms with van der Waals surface area (Å²) < 4.78 is 13.5. The number of hydrogen-bond donors (Lipinski definition) is 2. The summed E-state index contributed by atoms with van der Waals surface area (Å²) in [6.45, 7) is 0. The molecule has 0 aliphatic carbocycles. The van der Waals surface area contributed by atoms with Crippen LogP contribution in [0.25, 0.3) is 0 Å². The molecule has 0 saturated carbocycles. The summed E-state index contributed by atoms with van der Waals surface area (Å²) in [6.07, 6.45) is 1.24. The molecular formula is C21H16FN3O2. The number of anilines is 1. The van der Waals surface area contributed by atoms with Gasteiger partial charge in [-0.15, -0.1) is 0 Å². The molecular weight excluding hydrogens is 345 g/mol. The number of rotatable bonds is 5. The minimum absolute atomic E-state index is 0.234. The van der Waals surface area contributed by atoms with Gasteiger partial charge in [-0.3, -0.25) is 9.59 Å². The Labute approximate surface area is 155 Å². The molecule has 0 aliphatic rings. The lowest BCUT2D eigenvalue weighted by molar-refractivity contribution is 0.0954. The van der Waals surface area contributed by atoms with Gasteiger partial charge in [0.15, 0.2) is 0 Å². The Morgan fingerprint density at radius 1 is 0.778 bits per heavy atom. The lowest BCUT2D eigenvalue weighted by Crippen LogP contribution is -2.18. The molecule has 0 heterocycles. The number of nitrogens with one attached hydrogen (secondary N) is 2. The van der Waals surface area contributed by atoms with Gasteiger partial charge in [0.25, 0.3) is 11.8 Å². The molecule has 0 unspecified atom stereocenters. The van der Waals surface area contributed by atoms with Gasteiger partial charge in [0.1, 0.15) is 5.82 Å². The first kappa shape index (κ1) is 18.0. The molecule has 0 bridgehead atoms. The highest BCUT2D eigenvalue weighted by molar-refractivity contribution is 6.04. The number of nitrogens with zero attached hydrogens (tertiary/aromatic N) is 1. The van der Waals surface area contributed by atoms with Crippen LogP contribution in [0.1, 0.15) is 26.3 Å². The summed E-state index contributed by atoms with van der Waals surface area (Å²) in [5.74, 6) is -1.10. The van der Waals surface area contributed by atoms with Crippen molar-refractivity contribution >= 4 is 23.7 Å². The molecule has 2 N–H and O–H groups in total. The van der Waals surface area contributed by atoms with Gasteiger partial charge in [0.2, 0.25) is 0 Å². The second-order valence-electron chi connectivity index (χ2n) is 5.62. The van der Waals surface area contributed by atoms with Crippen LogP contribution < -0.4 is 10.7 Å². The average Bonchev–Trinajstić information content (AvgIpc) is 2.70. The molecule has 134 valence electrons. The summed E-state index contributed by atoms with van der Waals surface area (Å²) in [7, 11) is 0. The smallest absolute Gasteiger partial charge is 0.271 e. The molecule has 3 rings (SSSR count). The normalized spacial score (nSPS) is 10.6. The van der Waals surface area contributed by atoms with E-state index < -0.39 is 11.7 Å². The molecule has 2 amide bonds. The van der Waals surface area contributed by atoms with E-state index in [-0.39, 0.29) is 11.5 Å². The third kappa shape index (κ3) is 4.85. The molecule has 6 heteroatoms. The first-order chi connectivity index (χ1) is 13.1. The van der Waals surface area contributed by atoms with Crippen LogP contribution in [-0.2, 0) is 0 Å². The second-order valence-corrected chi connectivity index (χ2v) is 5.62. The van der Waals surface area contributed by atoms with Crippen molar-refractivity contribution < 1.29 is 14.0 Å². The number of hydrogen-bond acceptors (Lipinski definition) is 3. The van der Waals surface area contributed by atoms with Gasteiger partial charge in [-0.25, -0.2) is 9.82 Å². The summed E-state index contributed by atoms with van der Waals surface area (Å²) >= 11 is 0. The van der Waals surface area contributed by atoms with Crippen LogP contribution in [0.3, 0.4) is 0 Å². The Bertz CT molecular complexity index is 970. The molecule has 0 radical (unpaired) electrons. The van der Waals surface area contributed by atoms with Gasteiger partial charge in [-0.2, -0.15) is 5.10 Å². The molecule has 3 aromatic carbocycles. The Kier molecular flexibility index (Phi) is 5.69. The predicted octanol–water partition coefficient (Wildman–Crippen LogP) is 3.84. The highest BCUT2D eigenvalue weighted by Crippen LogP contribution is 2.11. The van der Waals surface area contributed by atoms with Crippen molar-refractivity contribution in [1.82, 2.24) is 5.43 Å². The van der Waals surface area contributed by atoms with E-state index in [9.17, 15) is 14.0 Å². The Morgan fingerprint density at radius 3 is 2.11 bits per heavy atom. The second kappa shape index (κ2) is 8.53. The van der Waals surface area contributed by atoms with Crippen molar-refractivity contribution in [3.8, 4) is 0 Å². The number of carbonyl (C=O) groups is 2.